The number of methoxy groups -OCH3 is 2. The Kier molecular flexibility index (Phi) is 5.97. The standard InChI is InChI=1S/C28H27F3N2O2/c1-16(28(29,30)31)26-22-13-18(17-4-5-21-15-32-11-10-19(21)12-17)6-8-23(22)33-27(26)20-7-9-24(34-2)25(14-20)35-3/h4-9,12-14,16,32-33H,10-11,15H2,1-3H3. The van der Waals surface area contributed by atoms with Crippen LogP contribution in [0.3, 0.4) is 0 Å². The number of H-pyrrole nitrogens is 1. The van der Waals surface area contributed by atoms with Crippen molar-refractivity contribution < 1.29 is 22.6 Å². The summed E-state index contributed by atoms with van der Waals surface area (Å²) in [6.07, 6.45) is -3.45. The van der Waals surface area contributed by atoms with E-state index in [1.54, 1.807) is 18.2 Å². The van der Waals surface area contributed by atoms with Crippen LogP contribution in [0.15, 0.2) is 54.6 Å². The molecule has 4 nitrogen and oxygen atoms in total. The SMILES string of the molecule is COc1ccc(-c2[nH]c3ccc(-c4ccc5c(c4)CCNC5)cc3c2C(C)C(F)(F)F)cc1OC. The quantitative estimate of drug-likeness (QED) is 0.329. The Morgan fingerprint density at radius 2 is 1.54 bits per heavy atom. The Hall–Kier alpha value is -3.45. The molecular formula is C28H27F3N2O2. The average molecular weight is 481 g/mol. The van der Waals surface area contributed by atoms with Crippen LogP contribution in [0, 0.1) is 0 Å². The summed E-state index contributed by atoms with van der Waals surface area (Å²) < 4.78 is 52.8. The highest BCUT2D eigenvalue weighted by atomic mass is 19.4. The van der Waals surface area contributed by atoms with Gasteiger partial charge >= 0.3 is 6.18 Å². The molecule has 1 aromatic heterocycles. The molecule has 2 N–H and O–H groups in total. The predicted molar refractivity (Wildman–Crippen MR) is 132 cm³/mol. The molecule has 0 amide bonds. The Balaban J connectivity index is 1.69. The lowest BCUT2D eigenvalue weighted by Crippen LogP contribution is -2.23. The largest absolute Gasteiger partial charge is 0.493 e. The lowest BCUT2D eigenvalue weighted by atomic mass is 9.91. The summed E-state index contributed by atoms with van der Waals surface area (Å²) in [5.74, 6) is -0.689. The van der Waals surface area contributed by atoms with Gasteiger partial charge in [0.1, 0.15) is 0 Å². The first kappa shape index (κ1) is 23.3. The molecule has 0 radical (unpaired) electrons. The van der Waals surface area contributed by atoms with Crippen LogP contribution in [0.4, 0.5) is 13.2 Å². The fourth-order valence-electron chi connectivity index (χ4n) is 4.88. The van der Waals surface area contributed by atoms with Gasteiger partial charge in [-0.1, -0.05) is 24.3 Å². The number of aromatic nitrogens is 1. The average Bonchev–Trinajstić information content (AvgIpc) is 3.25. The van der Waals surface area contributed by atoms with Gasteiger partial charge in [0.25, 0.3) is 0 Å². The second-order valence-electron chi connectivity index (χ2n) is 8.92. The molecule has 0 fully saturated rings. The molecule has 0 bridgehead atoms. The maximum absolute atomic E-state index is 14.0. The molecule has 1 aliphatic rings. The van der Waals surface area contributed by atoms with Gasteiger partial charge in [0.05, 0.1) is 25.8 Å². The van der Waals surface area contributed by atoms with E-state index in [0.29, 0.717) is 33.7 Å². The number of fused-ring (bicyclic) bond motifs is 2. The van der Waals surface area contributed by atoms with E-state index in [-0.39, 0.29) is 5.56 Å². The van der Waals surface area contributed by atoms with E-state index in [1.807, 2.05) is 24.3 Å². The van der Waals surface area contributed by atoms with Gasteiger partial charge in [-0.2, -0.15) is 13.2 Å². The normalized spacial score (nSPS) is 14.6. The molecule has 5 rings (SSSR count). The molecule has 7 heteroatoms. The van der Waals surface area contributed by atoms with Crippen molar-refractivity contribution in [3.8, 4) is 33.9 Å². The van der Waals surface area contributed by atoms with Gasteiger partial charge in [0.15, 0.2) is 11.5 Å². The zero-order valence-corrected chi connectivity index (χ0v) is 19.8. The maximum atomic E-state index is 14.0. The lowest BCUT2D eigenvalue weighted by molar-refractivity contribution is -0.145. The molecule has 0 saturated carbocycles. The van der Waals surface area contributed by atoms with Crippen molar-refractivity contribution in [3.05, 3.63) is 71.3 Å². The highest BCUT2D eigenvalue weighted by molar-refractivity contribution is 5.94. The number of hydrogen-bond donors (Lipinski definition) is 2. The molecule has 2 heterocycles. The molecule has 0 aliphatic carbocycles. The van der Waals surface area contributed by atoms with Crippen LogP contribution in [-0.2, 0) is 13.0 Å². The van der Waals surface area contributed by atoms with Gasteiger partial charge in [0.2, 0.25) is 0 Å². The molecule has 1 aliphatic heterocycles. The minimum Gasteiger partial charge on any atom is -0.493 e. The van der Waals surface area contributed by atoms with Crippen molar-refractivity contribution in [2.24, 2.45) is 0 Å². The van der Waals surface area contributed by atoms with E-state index in [0.717, 1.165) is 30.6 Å². The third-order valence-corrected chi connectivity index (χ3v) is 6.86. The summed E-state index contributed by atoms with van der Waals surface area (Å²) in [6, 6.07) is 17.2. The second-order valence-corrected chi connectivity index (χ2v) is 8.92. The number of ether oxygens (including phenoxy) is 2. The summed E-state index contributed by atoms with van der Waals surface area (Å²) in [5, 5.41) is 3.93. The highest BCUT2D eigenvalue weighted by Crippen LogP contribution is 2.45. The van der Waals surface area contributed by atoms with Crippen LogP contribution in [0.2, 0.25) is 0 Å². The number of alkyl halides is 3. The molecule has 1 atom stereocenters. The van der Waals surface area contributed by atoms with Gasteiger partial charge in [0, 0.05) is 23.0 Å². The first-order valence-electron chi connectivity index (χ1n) is 11.6. The van der Waals surface area contributed by atoms with Gasteiger partial charge in [-0.25, -0.2) is 0 Å². The summed E-state index contributed by atoms with van der Waals surface area (Å²) in [6.45, 7) is 2.98. The predicted octanol–water partition coefficient (Wildman–Crippen LogP) is 6.83. The first-order chi connectivity index (χ1) is 16.8. The summed E-state index contributed by atoms with van der Waals surface area (Å²) in [4.78, 5) is 3.25. The topological polar surface area (TPSA) is 46.3 Å². The van der Waals surface area contributed by atoms with Gasteiger partial charge in [-0.05, 0) is 78.0 Å². The van der Waals surface area contributed by atoms with Crippen LogP contribution in [-0.4, -0.2) is 31.9 Å². The van der Waals surface area contributed by atoms with Gasteiger partial charge in [-0.3, -0.25) is 0 Å². The third-order valence-electron chi connectivity index (χ3n) is 6.86. The van der Waals surface area contributed by atoms with Crippen molar-refractivity contribution >= 4 is 10.9 Å². The van der Waals surface area contributed by atoms with Crippen LogP contribution in [0.5, 0.6) is 11.5 Å². The fraction of sp³-hybridized carbons (Fsp3) is 0.286. The number of rotatable bonds is 5. The first-order valence-corrected chi connectivity index (χ1v) is 11.6. The molecular weight excluding hydrogens is 453 g/mol. The van der Waals surface area contributed by atoms with Gasteiger partial charge in [-0.15, -0.1) is 0 Å². The highest BCUT2D eigenvalue weighted by Gasteiger charge is 2.40. The van der Waals surface area contributed by atoms with E-state index >= 15 is 0 Å². The zero-order valence-electron chi connectivity index (χ0n) is 19.8. The van der Waals surface area contributed by atoms with E-state index < -0.39 is 12.1 Å². The minimum atomic E-state index is -4.39. The maximum Gasteiger partial charge on any atom is 0.395 e. The van der Waals surface area contributed by atoms with Crippen molar-refractivity contribution in [1.82, 2.24) is 10.3 Å². The monoisotopic (exact) mass is 480 g/mol. The number of aromatic amines is 1. The lowest BCUT2D eigenvalue weighted by Gasteiger charge is -2.19. The Bertz CT molecular complexity index is 1390. The Morgan fingerprint density at radius 3 is 2.29 bits per heavy atom. The summed E-state index contributed by atoms with van der Waals surface area (Å²) in [5.41, 5.74) is 6.37. The number of hydrogen-bond acceptors (Lipinski definition) is 3. The molecule has 1 unspecified atom stereocenters. The zero-order chi connectivity index (χ0) is 24.7. The van der Waals surface area contributed by atoms with Gasteiger partial charge < -0.3 is 19.8 Å². The van der Waals surface area contributed by atoms with E-state index in [4.69, 9.17) is 9.47 Å². The number of nitrogens with one attached hydrogen (secondary N) is 2. The van der Waals surface area contributed by atoms with Crippen molar-refractivity contribution in [1.29, 1.82) is 0 Å². The summed E-state index contributed by atoms with van der Waals surface area (Å²) >= 11 is 0. The number of benzene rings is 3. The smallest absolute Gasteiger partial charge is 0.395 e. The van der Waals surface area contributed by atoms with E-state index in [9.17, 15) is 13.2 Å². The van der Waals surface area contributed by atoms with Crippen LogP contribution in [0.1, 0.15) is 29.5 Å². The van der Waals surface area contributed by atoms with E-state index in [2.05, 4.69) is 22.4 Å². The van der Waals surface area contributed by atoms with Crippen LogP contribution >= 0.6 is 0 Å². The van der Waals surface area contributed by atoms with E-state index in [1.165, 1.54) is 32.3 Å². The van der Waals surface area contributed by atoms with Crippen LogP contribution in [0.25, 0.3) is 33.3 Å². The van der Waals surface area contributed by atoms with Crippen molar-refractivity contribution in [2.45, 2.75) is 32.0 Å². The molecule has 35 heavy (non-hydrogen) atoms. The Labute approximate surface area is 202 Å². The number of halogens is 3. The molecule has 0 saturated heterocycles. The molecule has 0 spiro atoms. The summed E-state index contributed by atoms with van der Waals surface area (Å²) in [7, 11) is 3.03. The minimum absolute atomic E-state index is 0.226. The molecule has 182 valence electrons. The Morgan fingerprint density at radius 1 is 0.829 bits per heavy atom. The van der Waals surface area contributed by atoms with Crippen LogP contribution < -0.4 is 14.8 Å². The van der Waals surface area contributed by atoms with Crippen molar-refractivity contribution in [3.63, 3.8) is 0 Å². The second kappa shape index (κ2) is 8.96. The molecule has 3 aromatic carbocycles. The van der Waals surface area contributed by atoms with Crippen molar-refractivity contribution in [2.75, 3.05) is 20.8 Å². The molecule has 4 aromatic rings. The third kappa shape index (κ3) is 4.25. The fourth-order valence-corrected chi connectivity index (χ4v) is 4.88.